The standard InChI is InChI=1S/C23H39N3O5/c1-16-13-26(14-17(2)30-16)20(27)18-8-11-24(12-9-18)21(28)19-7-6-10-25(15-19)22(29)31-23(3,4)5/h16-19H,6-15H2,1-5H3. The summed E-state index contributed by atoms with van der Waals surface area (Å²) in [5, 5.41) is 0. The van der Waals surface area contributed by atoms with Gasteiger partial charge in [0.1, 0.15) is 5.60 Å². The highest BCUT2D eigenvalue weighted by atomic mass is 16.6. The minimum atomic E-state index is -0.543. The molecule has 0 saturated carbocycles. The normalized spacial score (nSPS) is 28.4. The number of rotatable bonds is 2. The molecule has 3 atom stereocenters. The van der Waals surface area contributed by atoms with Crippen LogP contribution in [0.4, 0.5) is 4.79 Å². The first-order valence-corrected chi connectivity index (χ1v) is 11.7. The van der Waals surface area contributed by atoms with Crippen molar-refractivity contribution in [2.45, 2.75) is 78.1 Å². The second kappa shape index (κ2) is 9.76. The largest absolute Gasteiger partial charge is 0.444 e. The minimum absolute atomic E-state index is 0.0221. The molecular weight excluding hydrogens is 398 g/mol. The van der Waals surface area contributed by atoms with E-state index < -0.39 is 5.60 Å². The summed E-state index contributed by atoms with van der Waals surface area (Å²) in [6, 6.07) is 0. The van der Waals surface area contributed by atoms with Gasteiger partial charge in [-0.25, -0.2) is 4.79 Å². The number of carbonyl (C=O) groups is 3. The average molecular weight is 438 g/mol. The molecule has 0 aromatic heterocycles. The molecule has 176 valence electrons. The summed E-state index contributed by atoms with van der Waals surface area (Å²) >= 11 is 0. The van der Waals surface area contributed by atoms with Gasteiger partial charge >= 0.3 is 6.09 Å². The third-order valence-electron chi connectivity index (χ3n) is 6.31. The van der Waals surface area contributed by atoms with E-state index in [0.717, 1.165) is 12.8 Å². The lowest BCUT2D eigenvalue weighted by atomic mass is 9.92. The number of amides is 3. The zero-order chi connectivity index (χ0) is 22.8. The average Bonchev–Trinajstić information content (AvgIpc) is 2.71. The fourth-order valence-electron chi connectivity index (χ4n) is 4.89. The Labute approximate surface area is 186 Å². The van der Waals surface area contributed by atoms with E-state index in [1.807, 2.05) is 44.4 Å². The van der Waals surface area contributed by atoms with Crippen molar-refractivity contribution in [2.24, 2.45) is 11.8 Å². The second-order valence-electron chi connectivity index (χ2n) is 10.4. The third kappa shape index (κ3) is 6.34. The lowest BCUT2D eigenvalue weighted by Gasteiger charge is -2.40. The number of piperidine rings is 2. The molecule has 3 saturated heterocycles. The molecule has 0 aromatic rings. The molecule has 8 heteroatoms. The maximum absolute atomic E-state index is 13.1. The predicted octanol–water partition coefficient (Wildman–Crippen LogP) is 2.51. The molecule has 31 heavy (non-hydrogen) atoms. The van der Waals surface area contributed by atoms with Gasteiger partial charge in [0.25, 0.3) is 0 Å². The second-order valence-corrected chi connectivity index (χ2v) is 10.4. The minimum Gasteiger partial charge on any atom is -0.444 e. The molecule has 3 amide bonds. The van der Waals surface area contributed by atoms with Crippen molar-refractivity contribution in [1.82, 2.24) is 14.7 Å². The van der Waals surface area contributed by atoms with E-state index in [1.54, 1.807) is 4.90 Å². The van der Waals surface area contributed by atoms with Crippen LogP contribution < -0.4 is 0 Å². The molecule has 0 bridgehead atoms. The van der Waals surface area contributed by atoms with Crippen LogP contribution in [0.25, 0.3) is 0 Å². The molecule has 3 aliphatic rings. The monoisotopic (exact) mass is 437 g/mol. The summed E-state index contributed by atoms with van der Waals surface area (Å²) in [6.07, 6.45) is 2.78. The summed E-state index contributed by atoms with van der Waals surface area (Å²) < 4.78 is 11.2. The van der Waals surface area contributed by atoms with Crippen LogP contribution in [0.5, 0.6) is 0 Å². The summed E-state index contributed by atoms with van der Waals surface area (Å²) in [4.78, 5) is 43.9. The Kier molecular flexibility index (Phi) is 7.50. The van der Waals surface area contributed by atoms with Gasteiger partial charge in [0, 0.05) is 45.2 Å². The Morgan fingerprint density at radius 1 is 0.774 bits per heavy atom. The van der Waals surface area contributed by atoms with Crippen molar-refractivity contribution in [1.29, 1.82) is 0 Å². The molecule has 0 aromatic carbocycles. The van der Waals surface area contributed by atoms with Crippen molar-refractivity contribution in [3.05, 3.63) is 0 Å². The van der Waals surface area contributed by atoms with Gasteiger partial charge in [0.2, 0.25) is 11.8 Å². The quantitative estimate of drug-likeness (QED) is 0.663. The molecule has 0 radical (unpaired) electrons. The maximum Gasteiger partial charge on any atom is 0.410 e. The highest BCUT2D eigenvalue weighted by molar-refractivity contribution is 5.82. The van der Waals surface area contributed by atoms with Crippen molar-refractivity contribution in [3.8, 4) is 0 Å². The lowest BCUT2D eigenvalue weighted by Crippen LogP contribution is -2.53. The van der Waals surface area contributed by atoms with Gasteiger partial charge in [-0.2, -0.15) is 0 Å². The van der Waals surface area contributed by atoms with Gasteiger partial charge in [-0.1, -0.05) is 0 Å². The number of ether oxygens (including phenoxy) is 2. The van der Waals surface area contributed by atoms with Crippen LogP contribution >= 0.6 is 0 Å². The van der Waals surface area contributed by atoms with Crippen LogP contribution in [0.15, 0.2) is 0 Å². The van der Waals surface area contributed by atoms with Crippen LogP contribution in [0.1, 0.15) is 60.3 Å². The van der Waals surface area contributed by atoms with Gasteiger partial charge in [0.05, 0.1) is 18.1 Å². The molecule has 8 nitrogen and oxygen atoms in total. The Balaban J connectivity index is 1.49. The van der Waals surface area contributed by atoms with Crippen molar-refractivity contribution in [2.75, 3.05) is 39.3 Å². The molecule has 3 rings (SSSR count). The number of nitrogens with zero attached hydrogens (tertiary/aromatic N) is 3. The summed E-state index contributed by atoms with van der Waals surface area (Å²) in [5.74, 6) is 0.0938. The Morgan fingerprint density at radius 3 is 1.94 bits per heavy atom. The molecule has 0 N–H and O–H groups in total. The lowest BCUT2D eigenvalue weighted by molar-refractivity contribution is -0.151. The first-order valence-electron chi connectivity index (χ1n) is 11.7. The zero-order valence-corrected chi connectivity index (χ0v) is 19.8. The van der Waals surface area contributed by atoms with Crippen LogP contribution in [0.3, 0.4) is 0 Å². The molecule has 3 aliphatic heterocycles. The molecule has 3 unspecified atom stereocenters. The van der Waals surface area contributed by atoms with Crippen LogP contribution in [0.2, 0.25) is 0 Å². The highest BCUT2D eigenvalue weighted by Gasteiger charge is 2.37. The summed E-state index contributed by atoms with van der Waals surface area (Å²) in [7, 11) is 0. The van der Waals surface area contributed by atoms with Crippen molar-refractivity contribution < 1.29 is 23.9 Å². The van der Waals surface area contributed by atoms with Crippen LogP contribution in [0, 0.1) is 11.8 Å². The smallest absolute Gasteiger partial charge is 0.410 e. The predicted molar refractivity (Wildman–Crippen MR) is 116 cm³/mol. The molecular formula is C23H39N3O5. The number of hydrogen-bond acceptors (Lipinski definition) is 5. The van der Waals surface area contributed by atoms with Crippen LogP contribution in [-0.4, -0.2) is 89.7 Å². The van der Waals surface area contributed by atoms with E-state index >= 15 is 0 Å². The molecule has 0 aliphatic carbocycles. The fourth-order valence-corrected chi connectivity index (χ4v) is 4.89. The van der Waals surface area contributed by atoms with Crippen molar-refractivity contribution in [3.63, 3.8) is 0 Å². The van der Waals surface area contributed by atoms with E-state index in [4.69, 9.17) is 9.47 Å². The van der Waals surface area contributed by atoms with Crippen molar-refractivity contribution >= 4 is 17.9 Å². The third-order valence-corrected chi connectivity index (χ3v) is 6.31. The van der Waals surface area contributed by atoms with Gasteiger partial charge in [-0.3, -0.25) is 9.59 Å². The van der Waals surface area contributed by atoms with Gasteiger partial charge in [-0.05, 0) is 60.3 Å². The fraction of sp³-hybridized carbons (Fsp3) is 0.870. The van der Waals surface area contributed by atoms with Gasteiger partial charge in [-0.15, -0.1) is 0 Å². The Bertz CT molecular complexity index is 659. The summed E-state index contributed by atoms with van der Waals surface area (Å²) in [5.41, 5.74) is -0.543. The molecule has 0 spiro atoms. The first-order chi connectivity index (χ1) is 14.5. The highest BCUT2D eigenvalue weighted by Crippen LogP contribution is 2.26. The SMILES string of the molecule is CC1CN(C(=O)C2CCN(C(=O)C3CCCN(C(=O)OC(C)(C)C)C3)CC2)CC(C)O1. The van der Waals surface area contributed by atoms with E-state index in [-0.39, 0.29) is 42.0 Å². The van der Waals surface area contributed by atoms with E-state index in [2.05, 4.69) is 0 Å². The maximum atomic E-state index is 13.1. The van der Waals surface area contributed by atoms with Gasteiger partial charge in [0.15, 0.2) is 0 Å². The Hall–Kier alpha value is -1.83. The molecule has 3 heterocycles. The van der Waals surface area contributed by atoms with E-state index in [0.29, 0.717) is 52.1 Å². The molecule has 3 fully saturated rings. The topological polar surface area (TPSA) is 79.4 Å². The number of hydrogen-bond donors (Lipinski definition) is 0. The first kappa shape index (κ1) is 23.8. The number of morpholine rings is 1. The van der Waals surface area contributed by atoms with Gasteiger partial charge < -0.3 is 24.2 Å². The number of carbonyl (C=O) groups excluding carboxylic acids is 3. The Morgan fingerprint density at radius 2 is 1.35 bits per heavy atom. The summed E-state index contributed by atoms with van der Waals surface area (Å²) in [6.45, 7) is 13.1. The number of likely N-dealkylation sites (tertiary alicyclic amines) is 2. The van der Waals surface area contributed by atoms with E-state index in [1.165, 1.54) is 0 Å². The van der Waals surface area contributed by atoms with E-state index in [9.17, 15) is 14.4 Å². The van der Waals surface area contributed by atoms with Crippen LogP contribution in [-0.2, 0) is 19.1 Å². The zero-order valence-electron chi connectivity index (χ0n) is 19.8.